The Morgan fingerprint density at radius 3 is 2.67 bits per heavy atom. The average molecular weight is 219 g/mol. The summed E-state index contributed by atoms with van der Waals surface area (Å²) >= 11 is 0. The van der Waals surface area contributed by atoms with E-state index >= 15 is 0 Å². The van der Waals surface area contributed by atoms with Crippen LogP contribution >= 0.6 is 0 Å². The van der Waals surface area contributed by atoms with Crippen molar-refractivity contribution in [2.45, 2.75) is 20.1 Å². The molecule has 0 heterocycles. The Morgan fingerprint density at radius 1 is 1.40 bits per heavy atom. The zero-order valence-corrected chi connectivity index (χ0v) is 8.27. The van der Waals surface area contributed by atoms with Gasteiger partial charge in [0.25, 0.3) is 0 Å². The molecule has 1 N–H and O–H groups in total. The van der Waals surface area contributed by atoms with Gasteiger partial charge in [-0.2, -0.15) is 8.78 Å². The van der Waals surface area contributed by atoms with Gasteiger partial charge in [-0.05, 0) is 24.2 Å². The van der Waals surface area contributed by atoms with Gasteiger partial charge in [0.2, 0.25) is 0 Å². The third-order valence-corrected chi connectivity index (χ3v) is 1.79. The zero-order chi connectivity index (χ0) is 11.3. The third kappa shape index (κ3) is 3.79. The quantitative estimate of drug-likeness (QED) is 0.821. The van der Waals surface area contributed by atoms with E-state index in [-0.39, 0.29) is 0 Å². The molecule has 0 radical (unpaired) electrons. The zero-order valence-electron chi connectivity index (χ0n) is 8.27. The van der Waals surface area contributed by atoms with E-state index < -0.39 is 18.2 Å². The lowest BCUT2D eigenvalue weighted by atomic mass is 10.2. The predicted molar refractivity (Wildman–Crippen MR) is 50.4 cm³/mol. The lowest BCUT2D eigenvalue weighted by Crippen LogP contribution is -2.12. The van der Waals surface area contributed by atoms with Crippen LogP contribution in [0, 0.1) is 5.82 Å². The minimum atomic E-state index is -3.00. The van der Waals surface area contributed by atoms with Gasteiger partial charge in [0, 0.05) is 6.54 Å². The summed E-state index contributed by atoms with van der Waals surface area (Å²) in [6.07, 6.45) is 0. The molecule has 1 aromatic rings. The van der Waals surface area contributed by atoms with Gasteiger partial charge in [-0.3, -0.25) is 0 Å². The topological polar surface area (TPSA) is 21.3 Å². The summed E-state index contributed by atoms with van der Waals surface area (Å²) < 4.78 is 40.7. The van der Waals surface area contributed by atoms with Gasteiger partial charge in [0.15, 0.2) is 11.6 Å². The van der Waals surface area contributed by atoms with Crippen LogP contribution < -0.4 is 10.1 Å². The number of rotatable bonds is 5. The highest BCUT2D eigenvalue weighted by atomic mass is 19.3. The first-order valence-electron chi connectivity index (χ1n) is 4.57. The van der Waals surface area contributed by atoms with Crippen molar-refractivity contribution < 1.29 is 17.9 Å². The molecule has 0 aliphatic heterocycles. The summed E-state index contributed by atoms with van der Waals surface area (Å²) in [5.74, 6) is -1.20. The lowest BCUT2D eigenvalue weighted by Gasteiger charge is -2.07. The van der Waals surface area contributed by atoms with Crippen LogP contribution in [0.4, 0.5) is 13.2 Å². The lowest BCUT2D eigenvalue weighted by molar-refractivity contribution is -0.0522. The highest BCUT2D eigenvalue weighted by Crippen LogP contribution is 2.20. The molecule has 0 aromatic heterocycles. The van der Waals surface area contributed by atoms with Gasteiger partial charge in [-0.15, -0.1) is 0 Å². The molecular formula is C10H12F3NO. The Labute approximate surface area is 86.1 Å². The van der Waals surface area contributed by atoms with E-state index in [9.17, 15) is 13.2 Å². The number of hydrogen-bond acceptors (Lipinski definition) is 2. The summed E-state index contributed by atoms with van der Waals surface area (Å²) in [5, 5.41) is 3.00. The van der Waals surface area contributed by atoms with E-state index in [1.165, 1.54) is 12.1 Å². The minimum absolute atomic E-state index is 0.426. The highest BCUT2D eigenvalue weighted by molar-refractivity contribution is 5.29. The maximum absolute atomic E-state index is 13.2. The van der Waals surface area contributed by atoms with Crippen molar-refractivity contribution in [2.24, 2.45) is 0 Å². The molecule has 2 nitrogen and oxygen atoms in total. The van der Waals surface area contributed by atoms with Gasteiger partial charge in [0.05, 0.1) is 0 Å². The van der Waals surface area contributed by atoms with E-state index in [0.29, 0.717) is 12.1 Å². The highest BCUT2D eigenvalue weighted by Gasteiger charge is 2.09. The molecule has 0 spiro atoms. The van der Waals surface area contributed by atoms with E-state index in [2.05, 4.69) is 10.1 Å². The molecule has 15 heavy (non-hydrogen) atoms. The number of halogens is 3. The van der Waals surface area contributed by atoms with Crippen LogP contribution in [0.3, 0.4) is 0 Å². The summed E-state index contributed by atoms with van der Waals surface area (Å²) in [6, 6.07) is 3.93. The van der Waals surface area contributed by atoms with Crippen LogP contribution in [-0.2, 0) is 6.54 Å². The largest absolute Gasteiger partial charge is 0.432 e. The van der Waals surface area contributed by atoms with Crippen LogP contribution in [0.1, 0.15) is 12.5 Å². The molecule has 1 aromatic carbocycles. The van der Waals surface area contributed by atoms with Crippen molar-refractivity contribution >= 4 is 0 Å². The molecule has 0 bridgehead atoms. The van der Waals surface area contributed by atoms with E-state index in [1.807, 2.05) is 6.92 Å². The van der Waals surface area contributed by atoms with E-state index in [4.69, 9.17) is 0 Å². The Balaban J connectivity index is 2.70. The van der Waals surface area contributed by atoms with Crippen LogP contribution in [-0.4, -0.2) is 13.2 Å². The van der Waals surface area contributed by atoms with Gasteiger partial charge in [-0.1, -0.05) is 13.0 Å². The Hall–Kier alpha value is -1.23. The maximum atomic E-state index is 13.2. The molecule has 0 aliphatic carbocycles. The second-order valence-corrected chi connectivity index (χ2v) is 2.92. The van der Waals surface area contributed by atoms with Gasteiger partial charge >= 0.3 is 6.61 Å². The molecular weight excluding hydrogens is 207 g/mol. The standard InChI is InChI=1S/C10H12F3NO/c1-2-14-6-7-3-4-9(8(11)5-7)15-10(12)13/h3-5,10,14H,2,6H2,1H3. The second kappa shape index (κ2) is 5.60. The number of benzene rings is 1. The second-order valence-electron chi connectivity index (χ2n) is 2.92. The Bertz CT molecular complexity index is 318. The van der Waals surface area contributed by atoms with Crippen molar-refractivity contribution in [3.05, 3.63) is 29.6 Å². The van der Waals surface area contributed by atoms with Crippen molar-refractivity contribution in [2.75, 3.05) is 6.54 Å². The van der Waals surface area contributed by atoms with Crippen molar-refractivity contribution in [3.8, 4) is 5.75 Å². The first kappa shape index (κ1) is 11.8. The number of nitrogens with one attached hydrogen (secondary N) is 1. The normalized spacial score (nSPS) is 10.7. The first-order chi connectivity index (χ1) is 7.13. The predicted octanol–water partition coefficient (Wildman–Crippen LogP) is 2.54. The SMILES string of the molecule is CCNCc1ccc(OC(F)F)c(F)c1. The number of ether oxygens (including phenoxy) is 1. The summed E-state index contributed by atoms with van der Waals surface area (Å²) in [6.45, 7) is 0.184. The Kier molecular flexibility index (Phi) is 4.42. The molecule has 0 aliphatic rings. The monoisotopic (exact) mass is 219 g/mol. The molecule has 1 rings (SSSR count). The van der Waals surface area contributed by atoms with Crippen LogP contribution in [0.2, 0.25) is 0 Å². The van der Waals surface area contributed by atoms with Gasteiger partial charge in [-0.25, -0.2) is 4.39 Å². The third-order valence-electron chi connectivity index (χ3n) is 1.79. The molecule has 0 unspecified atom stereocenters. The summed E-state index contributed by atoms with van der Waals surface area (Å²) in [5.41, 5.74) is 0.691. The minimum Gasteiger partial charge on any atom is -0.432 e. The Morgan fingerprint density at radius 2 is 2.13 bits per heavy atom. The summed E-state index contributed by atoms with van der Waals surface area (Å²) in [7, 11) is 0. The maximum Gasteiger partial charge on any atom is 0.387 e. The molecule has 0 saturated heterocycles. The number of alkyl halides is 2. The number of hydrogen-bond donors (Lipinski definition) is 1. The summed E-state index contributed by atoms with van der Waals surface area (Å²) in [4.78, 5) is 0. The fourth-order valence-electron chi connectivity index (χ4n) is 1.12. The van der Waals surface area contributed by atoms with Gasteiger partial charge < -0.3 is 10.1 Å². The molecule has 0 fully saturated rings. The van der Waals surface area contributed by atoms with Crippen molar-refractivity contribution in [3.63, 3.8) is 0 Å². The molecule has 84 valence electrons. The van der Waals surface area contributed by atoms with Crippen molar-refractivity contribution in [1.82, 2.24) is 5.32 Å². The molecule has 0 atom stereocenters. The smallest absolute Gasteiger partial charge is 0.387 e. The fraction of sp³-hybridized carbons (Fsp3) is 0.400. The average Bonchev–Trinajstić information content (AvgIpc) is 2.18. The van der Waals surface area contributed by atoms with Crippen LogP contribution in [0.25, 0.3) is 0 Å². The van der Waals surface area contributed by atoms with Gasteiger partial charge in [0.1, 0.15) is 0 Å². The van der Waals surface area contributed by atoms with E-state index in [0.717, 1.165) is 6.54 Å². The fourth-order valence-corrected chi connectivity index (χ4v) is 1.12. The van der Waals surface area contributed by atoms with E-state index in [1.54, 1.807) is 6.07 Å². The molecule has 0 amide bonds. The van der Waals surface area contributed by atoms with Crippen LogP contribution in [0.5, 0.6) is 5.75 Å². The van der Waals surface area contributed by atoms with Crippen LogP contribution in [0.15, 0.2) is 18.2 Å². The molecule has 0 saturated carbocycles. The first-order valence-corrected chi connectivity index (χ1v) is 4.57. The van der Waals surface area contributed by atoms with Crippen molar-refractivity contribution in [1.29, 1.82) is 0 Å². The molecule has 5 heteroatoms.